The zero-order chi connectivity index (χ0) is 27.2. The topological polar surface area (TPSA) is 36.4 Å². The normalized spacial score (nSPS) is 17.9. The SMILES string of the molecule is C1=C(c2ccccc2)NC(c2ccc3c(ccc4ccc5c(c43)NC(c3ccccc3)S5)c2)=NC1c1ccccc1. The second-order valence-corrected chi connectivity index (χ2v) is 11.6. The molecule has 0 bridgehead atoms. The molecule has 3 nitrogen and oxygen atoms in total. The quantitative estimate of drug-likeness (QED) is 0.217. The summed E-state index contributed by atoms with van der Waals surface area (Å²) in [4.78, 5) is 6.48. The van der Waals surface area contributed by atoms with Gasteiger partial charge in [-0.3, -0.25) is 4.99 Å². The molecule has 196 valence electrons. The summed E-state index contributed by atoms with van der Waals surface area (Å²) in [7, 11) is 0. The molecule has 0 saturated carbocycles. The summed E-state index contributed by atoms with van der Waals surface area (Å²) in [6.07, 6.45) is 2.22. The minimum atomic E-state index is -0.0608. The predicted octanol–water partition coefficient (Wildman–Crippen LogP) is 9.34. The van der Waals surface area contributed by atoms with Crippen LogP contribution in [0.1, 0.15) is 33.7 Å². The fourth-order valence-corrected chi connectivity index (χ4v) is 7.03. The summed E-state index contributed by atoms with van der Waals surface area (Å²) in [6, 6.07) is 47.3. The summed E-state index contributed by atoms with van der Waals surface area (Å²) in [6.45, 7) is 0. The van der Waals surface area contributed by atoms with Gasteiger partial charge in [0.05, 0.1) is 11.7 Å². The van der Waals surface area contributed by atoms with Gasteiger partial charge in [0, 0.05) is 21.5 Å². The van der Waals surface area contributed by atoms with E-state index in [1.807, 2.05) is 11.8 Å². The molecule has 0 saturated heterocycles. The van der Waals surface area contributed by atoms with Crippen LogP contribution in [0, 0.1) is 0 Å². The molecule has 0 fully saturated rings. The maximum Gasteiger partial charge on any atom is 0.133 e. The second-order valence-electron chi connectivity index (χ2n) is 10.5. The van der Waals surface area contributed by atoms with Crippen molar-refractivity contribution in [2.75, 3.05) is 5.32 Å². The van der Waals surface area contributed by atoms with Crippen molar-refractivity contribution in [1.29, 1.82) is 0 Å². The number of nitrogens with one attached hydrogen (secondary N) is 2. The predicted molar refractivity (Wildman–Crippen MR) is 173 cm³/mol. The maximum atomic E-state index is 5.18. The molecule has 2 aliphatic rings. The van der Waals surface area contributed by atoms with Gasteiger partial charge >= 0.3 is 0 Å². The van der Waals surface area contributed by atoms with E-state index in [4.69, 9.17) is 4.99 Å². The van der Waals surface area contributed by atoms with Crippen molar-refractivity contribution in [2.24, 2.45) is 4.99 Å². The number of anilines is 1. The van der Waals surface area contributed by atoms with E-state index in [0.29, 0.717) is 0 Å². The van der Waals surface area contributed by atoms with Crippen LogP contribution < -0.4 is 10.6 Å². The monoisotopic (exact) mass is 545 g/mol. The molecule has 0 aliphatic carbocycles. The number of thioether (sulfide) groups is 1. The van der Waals surface area contributed by atoms with E-state index >= 15 is 0 Å². The number of nitrogens with zero attached hydrogens (tertiary/aromatic N) is 1. The number of amidine groups is 1. The lowest BCUT2D eigenvalue weighted by atomic mass is 9.97. The van der Waals surface area contributed by atoms with Crippen molar-refractivity contribution in [1.82, 2.24) is 5.32 Å². The fourth-order valence-electron chi connectivity index (χ4n) is 5.88. The Morgan fingerprint density at radius 3 is 2.07 bits per heavy atom. The molecular weight excluding hydrogens is 518 g/mol. The molecule has 41 heavy (non-hydrogen) atoms. The van der Waals surface area contributed by atoms with Crippen LogP contribution in [0.2, 0.25) is 0 Å². The Labute approximate surface area is 243 Å². The first-order chi connectivity index (χ1) is 20.3. The van der Waals surface area contributed by atoms with Crippen molar-refractivity contribution < 1.29 is 0 Å². The van der Waals surface area contributed by atoms with Crippen LogP contribution in [0.25, 0.3) is 27.2 Å². The van der Waals surface area contributed by atoms with Crippen molar-refractivity contribution in [3.05, 3.63) is 162 Å². The first kappa shape index (κ1) is 24.0. The lowest BCUT2D eigenvalue weighted by Crippen LogP contribution is -2.27. The highest BCUT2D eigenvalue weighted by Crippen LogP contribution is 2.50. The van der Waals surface area contributed by atoms with E-state index in [0.717, 1.165) is 22.7 Å². The summed E-state index contributed by atoms with van der Waals surface area (Å²) < 4.78 is 0. The minimum absolute atomic E-state index is 0.0608. The molecule has 6 aromatic carbocycles. The minimum Gasteiger partial charge on any atom is -0.368 e. The fraction of sp³-hybridized carbons (Fsp3) is 0.0541. The highest BCUT2D eigenvalue weighted by atomic mass is 32.2. The summed E-state index contributed by atoms with van der Waals surface area (Å²) in [5.41, 5.74) is 7.01. The molecule has 0 radical (unpaired) electrons. The lowest BCUT2D eigenvalue weighted by molar-refractivity contribution is 0.880. The van der Waals surface area contributed by atoms with Crippen molar-refractivity contribution >= 4 is 50.5 Å². The van der Waals surface area contributed by atoms with E-state index < -0.39 is 0 Å². The van der Waals surface area contributed by atoms with E-state index in [1.54, 1.807) is 0 Å². The lowest BCUT2D eigenvalue weighted by Gasteiger charge is -2.23. The number of fused-ring (bicyclic) bond motifs is 5. The molecule has 4 heteroatoms. The number of rotatable bonds is 4. The number of benzene rings is 6. The number of aliphatic imine (C=N–C) groups is 1. The number of hydrogen-bond acceptors (Lipinski definition) is 4. The van der Waals surface area contributed by atoms with Crippen LogP contribution in [0.15, 0.2) is 149 Å². The van der Waals surface area contributed by atoms with Crippen LogP contribution >= 0.6 is 11.8 Å². The van der Waals surface area contributed by atoms with Gasteiger partial charge in [-0.05, 0) is 51.1 Å². The molecule has 2 aliphatic heterocycles. The maximum absolute atomic E-state index is 5.18. The number of hydrogen-bond donors (Lipinski definition) is 2. The van der Waals surface area contributed by atoms with E-state index in [2.05, 4.69) is 150 Å². The first-order valence-corrected chi connectivity index (χ1v) is 14.8. The molecule has 6 aromatic rings. The second kappa shape index (κ2) is 9.99. The van der Waals surface area contributed by atoms with Gasteiger partial charge in [-0.25, -0.2) is 0 Å². The van der Waals surface area contributed by atoms with E-state index in [1.165, 1.54) is 43.3 Å². The van der Waals surface area contributed by atoms with Crippen molar-refractivity contribution in [3.63, 3.8) is 0 Å². The zero-order valence-corrected chi connectivity index (χ0v) is 23.1. The van der Waals surface area contributed by atoms with Gasteiger partial charge < -0.3 is 10.6 Å². The van der Waals surface area contributed by atoms with Crippen LogP contribution in [-0.2, 0) is 0 Å². The van der Waals surface area contributed by atoms with Crippen LogP contribution in [-0.4, -0.2) is 5.84 Å². The van der Waals surface area contributed by atoms with Gasteiger partial charge in [-0.1, -0.05) is 133 Å². The van der Waals surface area contributed by atoms with Crippen LogP contribution in [0.3, 0.4) is 0 Å². The average Bonchev–Trinajstić information content (AvgIpc) is 3.50. The Balaban J connectivity index is 1.21. The van der Waals surface area contributed by atoms with Gasteiger partial charge in [0.25, 0.3) is 0 Å². The molecule has 0 aromatic heterocycles. The highest BCUT2D eigenvalue weighted by molar-refractivity contribution is 8.00. The van der Waals surface area contributed by atoms with Crippen LogP contribution in [0.4, 0.5) is 5.69 Å². The molecule has 8 rings (SSSR count). The summed E-state index contributed by atoms with van der Waals surface area (Å²) >= 11 is 1.89. The summed E-state index contributed by atoms with van der Waals surface area (Å²) in [5, 5.41) is 12.7. The van der Waals surface area contributed by atoms with Gasteiger partial charge in [0.1, 0.15) is 11.2 Å². The largest absolute Gasteiger partial charge is 0.368 e. The summed E-state index contributed by atoms with van der Waals surface area (Å²) in [5.74, 6) is 0.887. The van der Waals surface area contributed by atoms with Gasteiger partial charge in [-0.2, -0.15) is 0 Å². The van der Waals surface area contributed by atoms with E-state index in [-0.39, 0.29) is 11.4 Å². The Morgan fingerprint density at radius 1 is 0.610 bits per heavy atom. The third kappa shape index (κ3) is 4.37. The molecule has 2 atom stereocenters. The zero-order valence-electron chi connectivity index (χ0n) is 22.3. The Bertz CT molecular complexity index is 1960. The Morgan fingerprint density at radius 2 is 1.29 bits per heavy atom. The average molecular weight is 546 g/mol. The highest BCUT2D eigenvalue weighted by Gasteiger charge is 2.26. The van der Waals surface area contributed by atoms with E-state index in [9.17, 15) is 0 Å². The van der Waals surface area contributed by atoms with Gasteiger partial charge in [0.2, 0.25) is 0 Å². The van der Waals surface area contributed by atoms with Crippen molar-refractivity contribution in [3.8, 4) is 0 Å². The first-order valence-electron chi connectivity index (χ1n) is 14.0. The molecule has 2 unspecified atom stereocenters. The smallest absolute Gasteiger partial charge is 0.133 e. The van der Waals surface area contributed by atoms with Crippen LogP contribution in [0.5, 0.6) is 0 Å². The van der Waals surface area contributed by atoms with Gasteiger partial charge in [-0.15, -0.1) is 0 Å². The van der Waals surface area contributed by atoms with Gasteiger partial charge in [0.15, 0.2) is 0 Å². The molecule has 2 heterocycles. The standard InChI is InChI=1S/C37H27N3S/c1-4-10-24(11-5-1)31-23-32(25-12-6-2-7-13-25)39-36(38-31)29-18-20-30-28(22-29)17-16-26-19-21-33-35(34(26)30)40-37(41-33)27-14-8-3-9-15-27/h1-23,31,37,40H,(H,38,39). The Kier molecular flexibility index (Phi) is 5.86. The molecule has 0 spiro atoms. The molecule has 0 amide bonds. The van der Waals surface area contributed by atoms with Crippen molar-refractivity contribution in [2.45, 2.75) is 16.3 Å². The molecule has 2 N–H and O–H groups in total. The third-order valence-corrected chi connectivity index (χ3v) is 9.15. The molecular formula is C37H27N3S. The third-order valence-electron chi connectivity index (χ3n) is 7.93. The Hall–Kier alpha value is -4.80.